The third-order valence-electron chi connectivity index (χ3n) is 2.60. The molecule has 1 atom stereocenters. The minimum atomic E-state index is 0.257. The Bertz CT molecular complexity index is 175. The average molecular weight is 171 g/mol. The van der Waals surface area contributed by atoms with E-state index in [2.05, 4.69) is 5.32 Å². The highest BCUT2D eigenvalue weighted by Gasteiger charge is 2.39. The van der Waals surface area contributed by atoms with E-state index in [0.717, 1.165) is 13.0 Å². The van der Waals surface area contributed by atoms with Crippen LogP contribution in [0.3, 0.4) is 0 Å². The van der Waals surface area contributed by atoms with Gasteiger partial charge in [0.25, 0.3) is 0 Å². The number of carbonyl (C=O) groups excluding carboxylic acids is 1. The first-order valence-electron chi connectivity index (χ1n) is 4.15. The molecule has 2 aliphatic rings. The van der Waals surface area contributed by atoms with Crippen LogP contribution in [0.2, 0.25) is 0 Å². The predicted octanol–water partition coefficient (Wildman–Crippen LogP) is 1.02. The van der Waals surface area contributed by atoms with Crippen LogP contribution in [0.4, 0.5) is 0 Å². The lowest BCUT2D eigenvalue weighted by molar-refractivity contribution is -0.119. The fourth-order valence-electron chi connectivity index (χ4n) is 1.94. The maximum Gasteiger partial charge on any atom is 0.220 e. The van der Waals surface area contributed by atoms with E-state index < -0.39 is 0 Å². The van der Waals surface area contributed by atoms with Crippen molar-refractivity contribution in [2.75, 3.05) is 18.1 Å². The van der Waals surface area contributed by atoms with Gasteiger partial charge in [0.2, 0.25) is 5.91 Å². The van der Waals surface area contributed by atoms with E-state index in [1.807, 2.05) is 11.8 Å². The Balaban J connectivity index is 2.03. The summed E-state index contributed by atoms with van der Waals surface area (Å²) in [6.45, 7) is 0.929. The molecule has 2 nitrogen and oxygen atoms in total. The summed E-state index contributed by atoms with van der Waals surface area (Å²) in [7, 11) is 0. The van der Waals surface area contributed by atoms with Crippen LogP contribution in [0.25, 0.3) is 0 Å². The van der Waals surface area contributed by atoms with Crippen molar-refractivity contribution in [2.24, 2.45) is 5.41 Å². The Hall–Kier alpha value is -0.180. The largest absolute Gasteiger partial charge is 0.355 e. The summed E-state index contributed by atoms with van der Waals surface area (Å²) >= 11 is 2.00. The fraction of sp³-hybridized carbons (Fsp3) is 0.875. The molecule has 0 aliphatic carbocycles. The number of amides is 1. The van der Waals surface area contributed by atoms with Crippen LogP contribution in [-0.2, 0) is 4.79 Å². The molecule has 11 heavy (non-hydrogen) atoms. The number of hydrogen-bond acceptors (Lipinski definition) is 2. The lowest BCUT2D eigenvalue weighted by atomic mass is 9.84. The zero-order valence-electron chi connectivity index (χ0n) is 6.56. The van der Waals surface area contributed by atoms with Gasteiger partial charge in [-0.3, -0.25) is 4.79 Å². The summed E-state index contributed by atoms with van der Waals surface area (Å²) in [4.78, 5) is 11.0. The smallest absolute Gasteiger partial charge is 0.220 e. The van der Waals surface area contributed by atoms with Crippen molar-refractivity contribution >= 4 is 17.7 Å². The van der Waals surface area contributed by atoms with Crippen molar-refractivity contribution in [1.29, 1.82) is 0 Å². The maximum atomic E-state index is 11.0. The maximum absolute atomic E-state index is 11.0. The topological polar surface area (TPSA) is 29.1 Å². The van der Waals surface area contributed by atoms with E-state index in [1.165, 1.54) is 24.3 Å². The third-order valence-corrected chi connectivity index (χ3v) is 3.99. The minimum Gasteiger partial charge on any atom is -0.355 e. The van der Waals surface area contributed by atoms with Crippen LogP contribution in [0.5, 0.6) is 0 Å². The average Bonchev–Trinajstić information content (AvgIpc) is 2.34. The molecule has 1 spiro atoms. The molecule has 2 heterocycles. The van der Waals surface area contributed by atoms with Gasteiger partial charge < -0.3 is 5.32 Å². The van der Waals surface area contributed by atoms with E-state index in [9.17, 15) is 4.79 Å². The SMILES string of the molecule is O=C1CC2(CCCSC2)CN1. The van der Waals surface area contributed by atoms with Crippen LogP contribution in [-0.4, -0.2) is 24.0 Å². The molecule has 1 amide bonds. The molecular weight excluding hydrogens is 158 g/mol. The lowest BCUT2D eigenvalue weighted by Gasteiger charge is -2.30. The van der Waals surface area contributed by atoms with Crippen LogP contribution in [0, 0.1) is 5.41 Å². The Morgan fingerprint density at radius 1 is 1.55 bits per heavy atom. The van der Waals surface area contributed by atoms with Crippen molar-refractivity contribution < 1.29 is 4.79 Å². The Morgan fingerprint density at radius 2 is 2.45 bits per heavy atom. The standard InChI is InChI=1S/C8H13NOS/c10-7-4-8(5-9-7)2-1-3-11-6-8/h1-6H2,(H,9,10). The molecule has 0 aromatic rings. The number of hydrogen-bond donors (Lipinski definition) is 1. The van der Waals surface area contributed by atoms with Gasteiger partial charge in [-0.15, -0.1) is 0 Å². The quantitative estimate of drug-likeness (QED) is 0.589. The molecule has 2 aliphatic heterocycles. The third kappa shape index (κ3) is 1.39. The molecule has 0 saturated carbocycles. The van der Waals surface area contributed by atoms with E-state index in [1.54, 1.807) is 0 Å². The molecule has 2 saturated heterocycles. The van der Waals surface area contributed by atoms with Crippen LogP contribution >= 0.6 is 11.8 Å². The van der Waals surface area contributed by atoms with Gasteiger partial charge in [-0.05, 0) is 18.6 Å². The van der Waals surface area contributed by atoms with Gasteiger partial charge in [0, 0.05) is 24.1 Å². The number of rotatable bonds is 0. The second-order valence-electron chi connectivity index (χ2n) is 3.61. The van der Waals surface area contributed by atoms with Crippen molar-refractivity contribution in [3.05, 3.63) is 0 Å². The van der Waals surface area contributed by atoms with Gasteiger partial charge in [0.05, 0.1) is 0 Å². The summed E-state index contributed by atoms with van der Waals surface area (Å²) in [5.41, 5.74) is 0.347. The van der Waals surface area contributed by atoms with Gasteiger partial charge in [-0.1, -0.05) is 0 Å². The first kappa shape index (κ1) is 7.47. The molecule has 2 fully saturated rings. The minimum absolute atomic E-state index is 0.257. The molecule has 0 radical (unpaired) electrons. The molecular formula is C8H13NOS. The summed E-state index contributed by atoms with van der Waals surface area (Å²) in [6, 6.07) is 0. The molecule has 62 valence electrons. The number of thioether (sulfide) groups is 1. The molecule has 1 N–H and O–H groups in total. The monoisotopic (exact) mass is 171 g/mol. The molecule has 0 aromatic heterocycles. The summed E-state index contributed by atoms with van der Waals surface area (Å²) in [5, 5.41) is 2.93. The second kappa shape index (κ2) is 2.70. The first-order valence-corrected chi connectivity index (χ1v) is 5.31. The van der Waals surface area contributed by atoms with E-state index >= 15 is 0 Å². The second-order valence-corrected chi connectivity index (χ2v) is 4.71. The zero-order valence-corrected chi connectivity index (χ0v) is 7.38. The highest BCUT2D eigenvalue weighted by atomic mass is 32.2. The first-order chi connectivity index (χ1) is 5.31. The normalized spacial score (nSPS) is 37.6. The van der Waals surface area contributed by atoms with Gasteiger partial charge in [0.15, 0.2) is 0 Å². The summed E-state index contributed by atoms with van der Waals surface area (Å²) < 4.78 is 0. The fourth-order valence-corrected chi connectivity index (χ4v) is 3.21. The van der Waals surface area contributed by atoms with Crippen molar-refractivity contribution in [3.63, 3.8) is 0 Å². The molecule has 1 unspecified atom stereocenters. The Kier molecular flexibility index (Phi) is 1.83. The summed E-state index contributed by atoms with van der Waals surface area (Å²) in [6.07, 6.45) is 3.32. The number of carbonyl (C=O) groups is 1. The van der Waals surface area contributed by atoms with E-state index in [4.69, 9.17) is 0 Å². The van der Waals surface area contributed by atoms with Crippen LogP contribution < -0.4 is 5.32 Å². The van der Waals surface area contributed by atoms with Crippen molar-refractivity contribution in [1.82, 2.24) is 5.32 Å². The Labute approximate surface area is 71.1 Å². The van der Waals surface area contributed by atoms with Crippen LogP contribution in [0.1, 0.15) is 19.3 Å². The highest BCUT2D eigenvalue weighted by Crippen LogP contribution is 2.39. The van der Waals surface area contributed by atoms with Gasteiger partial charge in [-0.2, -0.15) is 11.8 Å². The van der Waals surface area contributed by atoms with Crippen molar-refractivity contribution in [3.8, 4) is 0 Å². The van der Waals surface area contributed by atoms with E-state index in [0.29, 0.717) is 5.41 Å². The van der Waals surface area contributed by atoms with Crippen LogP contribution in [0.15, 0.2) is 0 Å². The highest BCUT2D eigenvalue weighted by molar-refractivity contribution is 7.99. The molecule has 2 rings (SSSR count). The number of nitrogens with one attached hydrogen (secondary N) is 1. The predicted molar refractivity (Wildman–Crippen MR) is 46.6 cm³/mol. The van der Waals surface area contributed by atoms with Gasteiger partial charge in [-0.25, -0.2) is 0 Å². The molecule has 0 aromatic carbocycles. The van der Waals surface area contributed by atoms with Crippen molar-refractivity contribution in [2.45, 2.75) is 19.3 Å². The van der Waals surface area contributed by atoms with Gasteiger partial charge >= 0.3 is 0 Å². The molecule has 3 heteroatoms. The Morgan fingerprint density at radius 3 is 3.00 bits per heavy atom. The van der Waals surface area contributed by atoms with Gasteiger partial charge in [0.1, 0.15) is 0 Å². The van der Waals surface area contributed by atoms with E-state index in [-0.39, 0.29) is 5.91 Å². The lowest BCUT2D eigenvalue weighted by Crippen LogP contribution is -2.29. The molecule has 0 bridgehead atoms. The summed E-state index contributed by atoms with van der Waals surface area (Å²) in [5.74, 6) is 2.73. The zero-order chi connectivity index (χ0) is 7.73.